The Labute approximate surface area is 154 Å². The second-order valence-corrected chi connectivity index (χ2v) is 5.63. The first-order chi connectivity index (χ1) is 13.0. The van der Waals surface area contributed by atoms with Crippen LogP contribution >= 0.6 is 0 Å². The lowest BCUT2D eigenvalue weighted by molar-refractivity contribution is 0.0689. The number of ether oxygens (including phenoxy) is 3. The summed E-state index contributed by atoms with van der Waals surface area (Å²) in [6.07, 6.45) is 0. The molecule has 3 rings (SSSR count). The van der Waals surface area contributed by atoms with E-state index in [4.69, 9.17) is 14.2 Å². The third-order valence-corrected chi connectivity index (χ3v) is 4.11. The highest BCUT2D eigenvalue weighted by Gasteiger charge is 2.18. The molecule has 0 bridgehead atoms. The number of rotatable bonds is 5. The summed E-state index contributed by atoms with van der Waals surface area (Å²) in [7, 11) is 4.45. The maximum atomic E-state index is 12.6. The van der Waals surface area contributed by atoms with E-state index in [-0.39, 0.29) is 5.39 Å². The third kappa shape index (κ3) is 3.27. The molecule has 27 heavy (non-hydrogen) atoms. The molecule has 0 atom stereocenters. The molecule has 0 saturated carbocycles. The third-order valence-electron chi connectivity index (χ3n) is 4.11. The van der Waals surface area contributed by atoms with Crippen LogP contribution in [0, 0.1) is 0 Å². The SMILES string of the molecule is COc1cc(-c2cc3ccccc3c(=O)c(C(=O)O)n2)cc(OC)c1OC. The van der Waals surface area contributed by atoms with Crippen molar-refractivity contribution in [1.82, 2.24) is 4.98 Å². The maximum Gasteiger partial charge on any atom is 0.358 e. The minimum absolute atomic E-state index is 0.279. The minimum atomic E-state index is -1.39. The fourth-order valence-electron chi connectivity index (χ4n) is 2.83. The van der Waals surface area contributed by atoms with Crippen molar-refractivity contribution in [3.05, 3.63) is 58.4 Å². The number of hydrogen-bond acceptors (Lipinski definition) is 6. The number of aromatic nitrogens is 1. The molecule has 0 saturated heterocycles. The van der Waals surface area contributed by atoms with Gasteiger partial charge in [-0.05, 0) is 23.6 Å². The number of aromatic carboxylic acids is 1. The highest BCUT2D eigenvalue weighted by atomic mass is 16.5. The van der Waals surface area contributed by atoms with E-state index < -0.39 is 17.1 Å². The molecule has 7 heteroatoms. The van der Waals surface area contributed by atoms with Gasteiger partial charge in [0.2, 0.25) is 11.2 Å². The van der Waals surface area contributed by atoms with E-state index in [0.717, 1.165) is 0 Å². The molecule has 1 aromatic heterocycles. The Hall–Kier alpha value is -3.61. The number of fused-ring (bicyclic) bond motifs is 1. The number of benzene rings is 2. The zero-order valence-corrected chi connectivity index (χ0v) is 15.0. The van der Waals surface area contributed by atoms with E-state index in [1.54, 1.807) is 42.5 Å². The molecule has 0 aliphatic carbocycles. The van der Waals surface area contributed by atoms with Gasteiger partial charge in [-0.25, -0.2) is 9.78 Å². The van der Waals surface area contributed by atoms with Gasteiger partial charge >= 0.3 is 5.97 Å². The molecular weight excluding hydrogens is 350 g/mol. The Morgan fingerprint density at radius 2 is 1.59 bits per heavy atom. The van der Waals surface area contributed by atoms with E-state index >= 15 is 0 Å². The van der Waals surface area contributed by atoms with Crippen LogP contribution in [-0.4, -0.2) is 37.4 Å². The molecule has 1 heterocycles. The van der Waals surface area contributed by atoms with Gasteiger partial charge in [-0.3, -0.25) is 4.79 Å². The van der Waals surface area contributed by atoms with E-state index in [2.05, 4.69) is 4.98 Å². The Balaban J connectivity index is 2.40. The number of nitrogens with zero attached hydrogens (tertiary/aromatic N) is 1. The van der Waals surface area contributed by atoms with Crippen LogP contribution in [0.3, 0.4) is 0 Å². The number of carbonyl (C=O) groups is 1. The standard InChI is InChI=1S/C20H17NO6/c1-25-15-9-12(10-16(26-2)19(15)27-3)14-8-11-6-4-5-7-13(11)18(22)17(21-14)20(23)24/h4-10H,1-3H3,(H,23,24). The van der Waals surface area contributed by atoms with Crippen molar-refractivity contribution in [3.63, 3.8) is 0 Å². The average molecular weight is 367 g/mol. The van der Waals surface area contributed by atoms with Crippen molar-refractivity contribution in [1.29, 1.82) is 0 Å². The molecule has 0 radical (unpaired) electrons. The van der Waals surface area contributed by atoms with Gasteiger partial charge in [-0.1, -0.05) is 24.3 Å². The smallest absolute Gasteiger partial charge is 0.358 e. The second-order valence-electron chi connectivity index (χ2n) is 5.63. The van der Waals surface area contributed by atoms with Crippen LogP contribution in [0.5, 0.6) is 17.2 Å². The molecule has 0 aliphatic heterocycles. The largest absolute Gasteiger partial charge is 0.493 e. The summed E-state index contributed by atoms with van der Waals surface area (Å²) in [4.78, 5) is 28.3. The Bertz CT molecular complexity index is 1070. The first-order valence-corrected chi connectivity index (χ1v) is 7.98. The first-order valence-electron chi connectivity index (χ1n) is 7.98. The van der Waals surface area contributed by atoms with E-state index in [9.17, 15) is 14.7 Å². The van der Waals surface area contributed by atoms with Gasteiger partial charge in [0.1, 0.15) is 0 Å². The molecule has 0 amide bonds. The van der Waals surface area contributed by atoms with Crippen molar-refractivity contribution >= 4 is 16.7 Å². The maximum absolute atomic E-state index is 12.6. The van der Waals surface area contributed by atoms with Crippen molar-refractivity contribution in [2.45, 2.75) is 0 Å². The number of methoxy groups -OCH3 is 3. The fraction of sp³-hybridized carbons (Fsp3) is 0.150. The Morgan fingerprint density at radius 1 is 0.963 bits per heavy atom. The van der Waals surface area contributed by atoms with E-state index in [0.29, 0.717) is 33.9 Å². The fourth-order valence-corrected chi connectivity index (χ4v) is 2.83. The lowest BCUT2D eigenvalue weighted by atomic mass is 10.1. The van der Waals surface area contributed by atoms with Crippen LogP contribution in [0.1, 0.15) is 10.5 Å². The highest BCUT2D eigenvalue weighted by molar-refractivity contribution is 5.93. The number of hydrogen-bond donors (Lipinski definition) is 1. The average Bonchev–Trinajstić information content (AvgIpc) is 2.83. The molecule has 0 fully saturated rings. The van der Waals surface area contributed by atoms with Crippen molar-refractivity contribution in [2.24, 2.45) is 0 Å². The zero-order chi connectivity index (χ0) is 19.6. The van der Waals surface area contributed by atoms with Crippen LogP contribution in [0.4, 0.5) is 0 Å². The monoisotopic (exact) mass is 367 g/mol. The molecule has 138 valence electrons. The summed E-state index contributed by atoms with van der Waals surface area (Å²) in [5.41, 5.74) is -0.380. The number of carboxylic acids is 1. The van der Waals surface area contributed by atoms with Gasteiger partial charge in [-0.2, -0.15) is 0 Å². The molecule has 1 N–H and O–H groups in total. The first kappa shape index (κ1) is 18.2. The van der Waals surface area contributed by atoms with Crippen LogP contribution in [-0.2, 0) is 0 Å². The van der Waals surface area contributed by atoms with Gasteiger partial charge in [-0.15, -0.1) is 0 Å². The summed E-state index contributed by atoms with van der Waals surface area (Å²) in [5.74, 6) is -0.209. The van der Waals surface area contributed by atoms with Crippen LogP contribution in [0.25, 0.3) is 22.0 Å². The molecule has 2 aromatic carbocycles. The predicted octanol–water partition coefficient (Wildman–Crippen LogP) is 2.99. The lowest BCUT2D eigenvalue weighted by Gasteiger charge is -2.13. The Kier molecular flexibility index (Phi) is 4.94. The molecular formula is C20H17NO6. The molecule has 0 aliphatic rings. The molecule has 0 spiro atoms. The molecule has 3 aromatic rings. The minimum Gasteiger partial charge on any atom is -0.493 e. The van der Waals surface area contributed by atoms with Gasteiger partial charge in [0.15, 0.2) is 17.2 Å². The summed E-state index contributed by atoms with van der Waals surface area (Å²) in [6, 6.07) is 11.7. The van der Waals surface area contributed by atoms with E-state index in [1.165, 1.54) is 21.3 Å². The van der Waals surface area contributed by atoms with Gasteiger partial charge in [0.25, 0.3) is 0 Å². The van der Waals surface area contributed by atoms with Gasteiger partial charge < -0.3 is 19.3 Å². The number of carboxylic acid groups (broad SMARTS) is 1. The molecule has 7 nitrogen and oxygen atoms in total. The van der Waals surface area contributed by atoms with Gasteiger partial charge in [0.05, 0.1) is 27.0 Å². The normalized spacial score (nSPS) is 10.5. The zero-order valence-electron chi connectivity index (χ0n) is 15.0. The van der Waals surface area contributed by atoms with Crippen molar-refractivity contribution in [2.75, 3.05) is 21.3 Å². The second kappa shape index (κ2) is 7.33. The lowest BCUT2D eigenvalue weighted by Crippen LogP contribution is -2.14. The van der Waals surface area contributed by atoms with Crippen LogP contribution in [0.2, 0.25) is 0 Å². The predicted molar refractivity (Wildman–Crippen MR) is 100 cm³/mol. The van der Waals surface area contributed by atoms with E-state index in [1.807, 2.05) is 0 Å². The molecule has 0 unspecified atom stereocenters. The van der Waals surface area contributed by atoms with Crippen molar-refractivity contribution in [3.8, 4) is 28.5 Å². The van der Waals surface area contributed by atoms with Crippen LogP contribution in [0.15, 0.2) is 47.3 Å². The summed E-state index contributed by atoms with van der Waals surface area (Å²) >= 11 is 0. The van der Waals surface area contributed by atoms with Crippen molar-refractivity contribution < 1.29 is 24.1 Å². The Morgan fingerprint density at radius 3 is 2.15 bits per heavy atom. The van der Waals surface area contributed by atoms with Crippen LogP contribution < -0.4 is 19.6 Å². The van der Waals surface area contributed by atoms with Gasteiger partial charge in [0, 0.05) is 10.9 Å². The quantitative estimate of drug-likeness (QED) is 0.741. The summed E-state index contributed by atoms with van der Waals surface area (Å²) < 4.78 is 16.0. The highest BCUT2D eigenvalue weighted by Crippen LogP contribution is 2.40. The summed E-state index contributed by atoms with van der Waals surface area (Å²) in [6.45, 7) is 0. The topological polar surface area (TPSA) is 95.0 Å². The summed E-state index contributed by atoms with van der Waals surface area (Å²) in [5, 5.41) is 10.3.